The zero-order valence-electron chi connectivity index (χ0n) is 13.0. The normalized spacial score (nSPS) is 17.6. The number of amides is 1. The van der Waals surface area contributed by atoms with E-state index in [4.69, 9.17) is 0 Å². The van der Waals surface area contributed by atoms with E-state index in [1.54, 1.807) is 0 Å². The highest BCUT2D eigenvalue weighted by Crippen LogP contribution is 2.27. The average molecular weight is 293 g/mol. The third kappa shape index (κ3) is 4.56. The van der Waals surface area contributed by atoms with E-state index < -0.39 is 0 Å². The van der Waals surface area contributed by atoms with Crippen LogP contribution in [0.1, 0.15) is 19.3 Å². The van der Waals surface area contributed by atoms with Crippen LogP contribution < -0.4 is 12.4 Å². The van der Waals surface area contributed by atoms with E-state index >= 15 is 0 Å². The van der Waals surface area contributed by atoms with Crippen molar-refractivity contribution in [3.8, 4) is 11.8 Å². The zero-order valence-corrected chi connectivity index (χ0v) is 12.7. The summed E-state index contributed by atoms with van der Waals surface area (Å²) in [6.45, 7) is 2.08. The summed E-state index contributed by atoms with van der Waals surface area (Å²) in [5.41, 5.74) is 1.25. The lowest BCUT2D eigenvalue weighted by Crippen LogP contribution is -3.00. The van der Waals surface area contributed by atoms with Gasteiger partial charge in [0, 0.05) is 18.9 Å². The number of likely N-dealkylation sites (tertiary alicyclic amines) is 1. The van der Waals surface area contributed by atoms with Crippen molar-refractivity contribution in [2.45, 2.75) is 12.3 Å². The Morgan fingerprint density at radius 1 is 1.30 bits per heavy atom. The Bertz CT molecular complexity index is 496. The van der Waals surface area contributed by atoms with Crippen LogP contribution in [0.4, 0.5) is 0 Å². The third-order valence-corrected chi connectivity index (χ3v) is 3.28. The van der Waals surface area contributed by atoms with Gasteiger partial charge in [-0.2, -0.15) is 0 Å². The van der Waals surface area contributed by atoms with E-state index in [1.807, 2.05) is 42.1 Å². The molecule has 1 aromatic rings. The Kier molecular flexibility index (Phi) is 6.57. The molecule has 0 radical (unpaired) electrons. The smallest absolute Gasteiger partial charge is 1.00 e. The van der Waals surface area contributed by atoms with E-state index in [2.05, 4.69) is 24.0 Å². The first kappa shape index (κ1) is 16.6. The number of carbonyl (C=O) groups is 1. The monoisotopic (exact) mass is 292 g/mol. The molecular formula is C16H21ClN2O. The zero-order chi connectivity index (χ0) is 13.7. The molecule has 1 amide bonds. The van der Waals surface area contributed by atoms with Gasteiger partial charge in [0.1, 0.15) is 0 Å². The molecule has 3 nitrogen and oxygen atoms in total. The van der Waals surface area contributed by atoms with Gasteiger partial charge < -0.3 is 17.3 Å². The standard InChI is InChI=1S/C16H20N2O.ClH/c1-17(2)10-6-7-11-18-13-15(12-16(18)19)14-8-4-3-5-9-14;/h3-5,8-9,15H,10-13H2,1-2H3;1H. The lowest BCUT2D eigenvalue weighted by Gasteiger charge is -2.13. The number of benzene rings is 1. The van der Waals surface area contributed by atoms with Gasteiger partial charge in [0.05, 0.1) is 13.1 Å². The van der Waals surface area contributed by atoms with E-state index in [0.717, 1.165) is 13.1 Å². The van der Waals surface area contributed by atoms with Gasteiger partial charge in [0.2, 0.25) is 5.91 Å². The molecule has 0 N–H and O–H groups in total. The summed E-state index contributed by atoms with van der Waals surface area (Å²) in [6.07, 6.45) is 0.610. The molecule has 1 unspecified atom stereocenters. The summed E-state index contributed by atoms with van der Waals surface area (Å²) in [7, 11) is 3.97. The SMILES string of the molecule is CN(C)CC#CCN1CC(c2ccccc2)CC1=O.[Cl-].[H+]. The fraction of sp³-hybridized carbons (Fsp3) is 0.438. The maximum atomic E-state index is 11.9. The van der Waals surface area contributed by atoms with Gasteiger partial charge >= 0.3 is 1.43 Å². The average Bonchev–Trinajstić information content (AvgIpc) is 2.77. The van der Waals surface area contributed by atoms with Gasteiger partial charge in [-0.05, 0) is 19.7 Å². The van der Waals surface area contributed by atoms with Crippen LogP contribution >= 0.6 is 0 Å². The van der Waals surface area contributed by atoms with Crippen molar-refractivity contribution < 1.29 is 18.6 Å². The summed E-state index contributed by atoms with van der Waals surface area (Å²) in [5, 5.41) is 0. The van der Waals surface area contributed by atoms with Gasteiger partial charge in [0.25, 0.3) is 0 Å². The molecule has 2 rings (SSSR count). The molecule has 1 heterocycles. The minimum Gasteiger partial charge on any atom is -1.00 e. The topological polar surface area (TPSA) is 23.6 Å². The van der Waals surface area contributed by atoms with Gasteiger partial charge in [-0.3, -0.25) is 9.69 Å². The highest BCUT2D eigenvalue weighted by molar-refractivity contribution is 5.80. The molecule has 1 fully saturated rings. The van der Waals surface area contributed by atoms with E-state index in [1.165, 1.54) is 5.56 Å². The predicted octanol–water partition coefficient (Wildman–Crippen LogP) is -1.32. The second-order valence-electron chi connectivity index (χ2n) is 5.18. The minimum atomic E-state index is 0. The quantitative estimate of drug-likeness (QED) is 0.646. The molecule has 0 spiro atoms. The fourth-order valence-corrected chi connectivity index (χ4v) is 2.24. The van der Waals surface area contributed by atoms with Crippen LogP contribution in [0, 0.1) is 11.8 Å². The van der Waals surface area contributed by atoms with Crippen molar-refractivity contribution in [1.29, 1.82) is 0 Å². The van der Waals surface area contributed by atoms with Gasteiger partial charge in [0.15, 0.2) is 0 Å². The van der Waals surface area contributed by atoms with Crippen LogP contribution in [0.5, 0.6) is 0 Å². The van der Waals surface area contributed by atoms with E-state index in [0.29, 0.717) is 18.9 Å². The first-order valence-electron chi connectivity index (χ1n) is 6.60. The molecule has 0 saturated carbocycles. The van der Waals surface area contributed by atoms with Crippen LogP contribution in [0.3, 0.4) is 0 Å². The Balaban J connectivity index is 0.00000200. The summed E-state index contributed by atoms with van der Waals surface area (Å²) >= 11 is 0. The van der Waals surface area contributed by atoms with Gasteiger partial charge in [-0.25, -0.2) is 0 Å². The molecule has 0 aromatic heterocycles. The highest BCUT2D eigenvalue weighted by Gasteiger charge is 2.29. The van der Waals surface area contributed by atoms with Crippen LogP contribution in [-0.4, -0.2) is 49.4 Å². The molecule has 1 saturated heterocycles. The number of rotatable bonds is 3. The van der Waals surface area contributed by atoms with Crippen LogP contribution in [0.2, 0.25) is 0 Å². The number of nitrogens with zero attached hydrogens (tertiary/aromatic N) is 2. The lowest BCUT2D eigenvalue weighted by molar-refractivity contribution is -0.127. The summed E-state index contributed by atoms with van der Waals surface area (Å²) in [5.74, 6) is 6.68. The maximum Gasteiger partial charge on any atom is 1.00 e. The molecule has 1 aliphatic heterocycles. The Labute approximate surface area is 128 Å². The number of halogens is 1. The molecule has 1 atom stereocenters. The second-order valence-corrected chi connectivity index (χ2v) is 5.18. The van der Waals surface area contributed by atoms with Crippen molar-refractivity contribution in [3.05, 3.63) is 35.9 Å². The summed E-state index contributed by atoms with van der Waals surface area (Å²) in [6, 6.07) is 10.3. The number of hydrogen-bond acceptors (Lipinski definition) is 2. The molecular weight excluding hydrogens is 272 g/mol. The molecule has 0 bridgehead atoms. The van der Waals surface area contributed by atoms with Crippen LogP contribution in [-0.2, 0) is 4.79 Å². The summed E-state index contributed by atoms with van der Waals surface area (Å²) in [4.78, 5) is 15.8. The predicted molar refractivity (Wildman–Crippen MR) is 77.8 cm³/mol. The number of hydrogen-bond donors (Lipinski definition) is 0. The van der Waals surface area contributed by atoms with Crippen molar-refractivity contribution in [2.75, 3.05) is 33.7 Å². The summed E-state index contributed by atoms with van der Waals surface area (Å²) < 4.78 is 0. The highest BCUT2D eigenvalue weighted by atomic mass is 35.5. The van der Waals surface area contributed by atoms with E-state index in [9.17, 15) is 4.79 Å². The lowest BCUT2D eigenvalue weighted by atomic mass is 9.99. The fourth-order valence-electron chi connectivity index (χ4n) is 2.24. The Morgan fingerprint density at radius 2 is 2.00 bits per heavy atom. The van der Waals surface area contributed by atoms with Crippen molar-refractivity contribution in [3.63, 3.8) is 0 Å². The first-order chi connectivity index (χ1) is 9.16. The Morgan fingerprint density at radius 3 is 2.65 bits per heavy atom. The molecule has 0 aliphatic carbocycles. The van der Waals surface area contributed by atoms with Crippen molar-refractivity contribution in [1.82, 2.24) is 9.80 Å². The van der Waals surface area contributed by atoms with Crippen molar-refractivity contribution in [2.24, 2.45) is 0 Å². The molecule has 1 aliphatic rings. The third-order valence-electron chi connectivity index (χ3n) is 3.28. The van der Waals surface area contributed by atoms with Crippen molar-refractivity contribution >= 4 is 5.91 Å². The minimum absolute atomic E-state index is 0. The largest absolute Gasteiger partial charge is 1.00 e. The van der Waals surface area contributed by atoms with Gasteiger partial charge in [-0.15, -0.1) is 0 Å². The second kappa shape index (κ2) is 7.94. The Hall–Kier alpha value is -1.50. The van der Waals surface area contributed by atoms with Gasteiger partial charge in [-0.1, -0.05) is 42.2 Å². The number of carbonyl (C=O) groups excluding carboxylic acids is 1. The molecule has 1 aromatic carbocycles. The van der Waals surface area contributed by atoms with E-state index in [-0.39, 0.29) is 19.7 Å². The maximum absolute atomic E-state index is 11.9. The van der Waals surface area contributed by atoms with Crippen LogP contribution in [0.25, 0.3) is 0 Å². The van der Waals surface area contributed by atoms with Crippen LogP contribution in [0.15, 0.2) is 30.3 Å². The first-order valence-corrected chi connectivity index (χ1v) is 6.60. The molecule has 108 valence electrons. The molecule has 4 heteroatoms. The molecule has 20 heavy (non-hydrogen) atoms.